The molecule has 0 spiro atoms. The predicted octanol–water partition coefficient (Wildman–Crippen LogP) is 3.48. The van der Waals surface area contributed by atoms with E-state index in [4.69, 9.17) is 18.9 Å². The number of methoxy groups -OCH3 is 1. The molecule has 0 aromatic heterocycles. The third-order valence-electron chi connectivity index (χ3n) is 6.95. The molecule has 202 valence electrons. The minimum absolute atomic E-state index is 0.0884. The van der Waals surface area contributed by atoms with Gasteiger partial charge in [0, 0.05) is 31.5 Å². The predicted molar refractivity (Wildman–Crippen MR) is 144 cm³/mol. The van der Waals surface area contributed by atoms with Gasteiger partial charge in [-0.15, -0.1) is 0 Å². The molecule has 0 amide bonds. The van der Waals surface area contributed by atoms with Gasteiger partial charge in [-0.3, -0.25) is 9.69 Å². The second kappa shape index (κ2) is 14.2. The van der Waals surface area contributed by atoms with Crippen LogP contribution in [0.4, 0.5) is 5.69 Å². The lowest BCUT2D eigenvalue weighted by Gasteiger charge is -2.38. The number of carbonyl (C=O) groups excluding carboxylic acids is 2. The maximum atomic E-state index is 13.8. The lowest BCUT2D eigenvalue weighted by Crippen LogP contribution is -2.52. The smallest absolute Gasteiger partial charge is 0.338 e. The standard InChI is InChI=1S/C29H40N2O6/c1-5-29(30(2)3,27(32)24-10-12-26(13-11-24)31-14-16-35-17-15-31)22-23-6-8-25(9-7-23)28(33)37-21-20-36-19-18-34-4/h6-13H,5,14-22H2,1-4H3. The summed E-state index contributed by atoms with van der Waals surface area (Å²) < 4.78 is 21.0. The molecule has 0 saturated carbocycles. The van der Waals surface area contributed by atoms with Gasteiger partial charge in [0.15, 0.2) is 5.78 Å². The second-order valence-electron chi connectivity index (χ2n) is 9.37. The highest BCUT2D eigenvalue weighted by molar-refractivity contribution is 6.03. The van der Waals surface area contributed by atoms with E-state index >= 15 is 0 Å². The minimum atomic E-state index is -0.706. The summed E-state index contributed by atoms with van der Waals surface area (Å²) in [4.78, 5) is 30.5. The summed E-state index contributed by atoms with van der Waals surface area (Å²) in [6.07, 6.45) is 1.18. The zero-order valence-electron chi connectivity index (χ0n) is 22.5. The van der Waals surface area contributed by atoms with Crippen molar-refractivity contribution in [2.75, 3.05) is 78.8 Å². The third-order valence-corrected chi connectivity index (χ3v) is 6.95. The van der Waals surface area contributed by atoms with Gasteiger partial charge in [-0.25, -0.2) is 4.79 Å². The van der Waals surface area contributed by atoms with Crippen LogP contribution in [-0.4, -0.2) is 96.1 Å². The molecular weight excluding hydrogens is 472 g/mol. The van der Waals surface area contributed by atoms with E-state index < -0.39 is 11.5 Å². The number of ether oxygens (including phenoxy) is 4. The Labute approximate surface area is 220 Å². The number of likely N-dealkylation sites (N-methyl/N-ethyl adjacent to an activating group) is 1. The van der Waals surface area contributed by atoms with Crippen LogP contribution in [0.5, 0.6) is 0 Å². The van der Waals surface area contributed by atoms with Crippen LogP contribution in [-0.2, 0) is 25.4 Å². The first-order chi connectivity index (χ1) is 17.9. The Morgan fingerprint density at radius 2 is 1.54 bits per heavy atom. The number of benzene rings is 2. The van der Waals surface area contributed by atoms with Crippen molar-refractivity contribution in [1.29, 1.82) is 0 Å². The first kappa shape index (κ1) is 28.8. The fourth-order valence-electron chi connectivity index (χ4n) is 4.57. The van der Waals surface area contributed by atoms with Crippen molar-refractivity contribution in [3.05, 3.63) is 65.2 Å². The highest BCUT2D eigenvalue weighted by atomic mass is 16.6. The Kier molecular flexibility index (Phi) is 11.1. The summed E-state index contributed by atoms with van der Waals surface area (Å²) in [7, 11) is 5.50. The summed E-state index contributed by atoms with van der Waals surface area (Å²) >= 11 is 0. The first-order valence-electron chi connectivity index (χ1n) is 12.9. The Bertz CT molecular complexity index is 986. The molecule has 1 heterocycles. The molecule has 2 aromatic rings. The number of hydrogen-bond acceptors (Lipinski definition) is 8. The zero-order valence-corrected chi connectivity index (χ0v) is 22.5. The average molecular weight is 513 g/mol. The van der Waals surface area contributed by atoms with E-state index in [1.54, 1.807) is 19.2 Å². The molecule has 1 fully saturated rings. The summed E-state index contributed by atoms with van der Waals surface area (Å²) in [6, 6.07) is 15.2. The van der Waals surface area contributed by atoms with Crippen LogP contribution in [0.25, 0.3) is 0 Å². The van der Waals surface area contributed by atoms with Gasteiger partial charge >= 0.3 is 5.97 Å². The molecule has 8 nitrogen and oxygen atoms in total. The van der Waals surface area contributed by atoms with Crippen LogP contribution in [0.3, 0.4) is 0 Å². The van der Waals surface area contributed by atoms with Crippen molar-refractivity contribution in [3.8, 4) is 0 Å². The number of ketones is 1. The monoisotopic (exact) mass is 512 g/mol. The number of Topliss-reactive ketones (excluding diaryl/α,β-unsaturated/α-hetero) is 1. The van der Waals surface area contributed by atoms with Crippen molar-refractivity contribution in [1.82, 2.24) is 4.90 Å². The van der Waals surface area contributed by atoms with Gasteiger partial charge in [0.1, 0.15) is 6.61 Å². The maximum Gasteiger partial charge on any atom is 0.338 e. The Hall–Kier alpha value is -2.78. The average Bonchev–Trinajstić information content (AvgIpc) is 2.94. The van der Waals surface area contributed by atoms with Crippen LogP contribution >= 0.6 is 0 Å². The molecule has 3 rings (SSSR count). The van der Waals surface area contributed by atoms with Gasteiger partial charge in [0.05, 0.1) is 44.1 Å². The van der Waals surface area contributed by atoms with E-state index in [1.807, 2.05) is 62.3 Å². The molecule has 1 aliphatic heterocycles. The molecule has 8 heteroatoms. The van der Waals surface area contributed by atoms with Crippen LogP contribution in [0.2, 0.25) is 0 Å². The molecule has 0 N–H and O–H groups in total. The van der Waals surface area contributed by atoms with E-state index in [-0.39, 0.29) is 12.4 Å². The van der Waals surface area contributed by atoms with Gasteiger partial charge in [-0.1, -0.05) is 19.1 Å². The van der Waals surface area contributed by atoms with Crippen LogP contribution in [0.15, 0.2) is 48.5 Å². The zero-order chi connectivity index (χ0) is 26.7. The molecule has 2 aromatic carbocycles. The second-order valence-corrected chi connectivity index (χ2v) is 9.37. The Morgan fingerprint density at radius 1 is 0.919 bits per heavy atom. The quantitative estimate of drug-likeness (QED) is 0.216. The summed E-state index contributed by atoms with van der Waals surface area (Å²) in [5.41, 5.74) is 2.55. The first-order valence-corrected chi connectivity index (χ1v) is 12.9. The number of esters is 1. The topological polar surface area (TPSA) is 77.5 Å². The minimum Gasteiger partial charge on any atom is -0.460 e. The highest BCUT2D eigenvalue weighted by Crippen LogP contribution is 2.29. The normalized spacial score (nSPS) is 15.4. The Morgan fingerprint density at radius 3 is 2.14 bits per heavy atom. The van der Waals surface area contributed by atoms with Gasteiger partial charge in [-0.05, 0) is 68.9 Å². The molecule has 37 heavy (non-hydrogen) atoms. The van der Waals surface area contributed by atoms with E-state index in [0.717, 1.165) is 37.6 Å². The van der Waals surface area contributed by atoms with Crippen molar-refractivity contribution in [2.24, 2.45) is 0 Å². The van der Waals surface area contributed by atoms with E-state index in [9.17, 15) is 9.59 Å². The van der Waals surface area contributed by atoms with Crippen molar-refractivity contribution < 1.29 is 28.5 Å². The van der Waals surface area contributed by atoms with Crippen LogP contribution in [0, 0.1) is 0 Å². The third kappa shape index (κ3) is 7.61. The summed E-state index contributed by atoms with van der Waals surface area (Å²) in [6.45, 7) is 6.67. The summed E-state index contributed by atoms with van der Waals surface area (Å²) in [5, 5.41) is 0. The molecule has 0 aliphatic carbocycles. The van der Waals surface area contributed by atoms with Gasteiger partial charge in [0.2, 0.25) is 0 Å². The van der Waals surface area contributed by atoms with E-state index in [0.29, 0.717) is 43.8 Å². The Balaban J connectivity index is 1.66. The molecular formula is C29H40N2O6. The van der Waals surface area contributed by atoms with E-state index in [1.165, 1.54) is 0 Å². The molecule has 1 saturated heterocycles. The fraction of sp³-hybridized carbons (Fsp3) is 0.517. The number of carbonyl (C=O) groups is 2. The largest absolute Gasteiger partial charge is 0.460 e. The lowest BCUT2D eigenvalue weighted by atomic mass is 9.80. The molecule has 0 bridgehead atoms. The van der Waals surface area contributed by atoms with E-state index in [2.05, 4.69) is 4.90 Å². The van der Waals surface area contributed by atoms with Crippen molar-refractivity contribution >= 4 is 17.4 Å². The molecule has 1 aliphatic rings. The number of morpholine rings is 1. The van der Waals surface area contributed by atoms with Crippen molar-refractivity contribution in [2.45, 2.75) is 25.3 Å². The number of hydrogen-bond donors (Lipinski definition) is 0. The van der Waals surface area contributed by atoms with Gasteiger partial charge in [-0.2, -0.15) is 0 Å². The fourth-order valence-corrected chi connectivity index (χ4v) is 4.57. The van der Waals surface area contributed by atoms with Gasteiger partial charge in [0.25, 0.3) is 0 Å². The molecule has 1 unspecified atom stereocenters. The van der Waals surface area contributed by atoms with Crippen LogP contribution < -0.4 is 4.90 Å². The number of nitrogens with zero attached hydrogens (tertiary/aromatic N) is 2. The van der Waals surface area contributed by atoms with Crippen LogP contribution in [0.1, 0.15) is 39.6 Å². The number of anilines is 1. The highest BCUT2D eigenvalue weighted by Gasteiger charge is 2.39. The van der Waals surface area contributed by atoms with Crippen molar-refractivity contribution in [3.63, 3.8) is 0 Å². The molecule has 1 atom stereocenters. The molecule has 0 radical (unpaired) electrons. The number of rotatable bonds is 14. The maximum absolute atomic E-state index is 13.8. The summed E-state index contributed by atoms with van der Waals surface area (Å²) in [5.74, 6) is -0.307. The lowest BCUT2D eigenvalue weighted by molar-refractivity contribution is 0.0213. The van der Waals surface area contributed by atoms with Gasteiger partial charge < -0.3 is 23.8 Å². The SMILES string of the molecule is CCC(Cc1ccc(C(=O)OCCOCCOC)cc1)(C(=O)c1ccc(N2CCOCC2)cc1)N(C)C.